The highest BCUT2D eigenvalue weighted by Gasteiger charge is 2.04. The third-order valence-electron chi connectivity index (χ3n) is 3.62. The van der Waals surface area contributed by atoms with E-state index in [9.17, 15) is 9.18 Å². The van der Waals surface area contributed by atoms with Crippen LogP contribution in [-0.2, 0) is 17.9 Å². The normalized spacial score (nSPS) is 10.5. The summed E-state index contributed by atoms with van der Waals surface area (Å²) in [6.45, 7) is 3.37. The predicted molar refractivity (Wildman–Crippen MR) is 91.9 cm³/mol. The lowest BCUT2D eigenvalue weighted by atomic mass is 10.2. The molecule has 0 atom stereocenters. The summed E-state index contributed by atoms with van der Waals surface area (Å²) in [7, 11) is 1.78. The molecule has 0 aliphatic rings. The second-order valence-corrected chi connectivity index (χ2v) is 5.59. The number of hydrogen-bond acceptors (Lipinski definition) is 3. The number of carbonyl (C=O) groups is 1. The SMILES string of the molecule is CCC(=O)N(C)CNCc1ccc(OCc2cccc(F)c2)cc1. The summed E-state index contributed by atoms with van der Waals surface area (Å²) in [6.07, 6.45) is 0.509. The second kappa shape index (κ2) is 9.03. The van der Waals surface area contributed by atoms with Crippen LogP contribution in [0, 0.1) is 5.82 Å². The zero-order chi connectivity index (χ0) is 17.4. The van der Waals surface area contributed by atoms with Crippen molar-refractivity contribution in [1.82, 2.24) is 10.2 Å². The zero-order valence-corrected chi connectivity index (χ0v) is 14.1. The lowest BCUT2D eigenvalue weighted by molar-refractivity contribution is -0.129. The molecule has 0 heterocycles. The first kappa shape index (κ1) is 17.9. The minimum absolute atomic E-state index is 0.114. The highest BCUT2D eigenvalue weighted by Crippen LogP contribution is 2.14. The molecule has 0 aliphatic carbocycles. The molecule has 1 amide bonds. The Kier molecular flexibility index (Phi) is 6.75. The van der Waals surface area contributed by atoms with Crippen LogP contribution >= 0.6 is 0 Å². The van der Waals surface area contributed by atoms with Gasteiger partial charge in [-0.3, -0.25) is 10.1 Å². The van der Waals surface area contributed by atoms with Crippen molar-refractivity contribution in [3.05, 3.63) is 65.5 Å². The van der Waals surface area contributed by atoms with Crippen LogP contribution in [0.15, 0.2) is 48.5 Å². The van der Waals surface area contributed by atoms with Crippen molar-refractivity contribution < 1.29 is 13.9 Å². The number of ether oxygens (including phenoxy) is 1. The fraction of sp³-hybridized carbons (Fsp3) is 0.316. The Morgan fingerprint density at radius 3 is 2.58 bits per heavy atom. The summed E-state index contributed by atoms with van der Waals surface area (Å²) in [5.41, 5.74) is 1.90. The van der Waals surface area contributed by atoms with Gasteiger partial charge in [0.15, 0.2) is 0 Å². The molecule has 5 heteroatoms. The average molecular weight is 330 g/mol. The van der Waals surface area contributed by atoms with E-state index in [2.05, 4.69) is 5.32 Å². The molecule has 0 saturated carbocycles. The summed E-state index contributed by atoms with van der Waals surface area (Å²) < 4.78 is 18.8. The van der Waals surface area contributed by atoms with Gasteiger partial charge in [-0.1, -0.05) is 31.2 Å². The molecular weight excluding hydrogens is 307 g/mol. The van der Waals surface area contributed by atoms with Crippen molar-refractivity contribution in [2.75, 3.05) is 13.7 Å². The highest BCUT2D eigenvalue weighted by atomic mass is 19.1. The number of carbonyl (C=O) groups excluding carboxylic acids is 1. The van der Waals surface area contributed by atoms with Crippen LogP contribution in [0.2, 0.25) is 0 Å². The van der Waals surface area contributed by atoms with Crippen molar-refractivity contribution in [3.63, 3.8) is 0 Å². The molecule has 2 aromatic carbocycles. The molecule has 0 aromatic heterocycles. The maximum absolute atomic E-state index is 13.1. The number of rotatable bonds is 8. The van der Waals surface area contributed by atoms with Crippen molar-refractivity contribution in [2.24, 2.45) is 0 Å². The Hall–Kier alpha value is -2.40. The van der Waals surface area contributed by atoms with E-state index < -0.39 is 0 Å². The maximum Gasteiger partial charge on any atom is 0.223 e. The molecule has 1 N–H and O–H groups in total. The van der Waals surface area contributed by atoms with Gasteiger partial charge < -0.3 is 9.64 Å². The highest BCUT2D eigenvalue weighted by molar-refractivity contribution is 5.75. The minimum atomic E-state index is -0.260. The molecule has 0 bridgehead atoms. The largest absolute Gasteiger partial charge is 0.489 e. The van der Waals surface area contributed by atoms with E-state index in [1.165, 1.54) is 12.1 Å². The van der Waals surface area contributed by atoms with Gasteiger partial charge in [-0.2, -0.15) is 0 Å². The summed E-state index contributed by atoms with van der Waals surface area (Å²) in [5, 5.41) is 3.22. The zero-order valence-electron chi connectivity index (χ0n) is 14.1. The molecule has 0 aliphatic heterocycles. The monoisotopic (exact) mass is 330 g/mol. The van der Waals surface area contributed by atoms with Gasteiger partial charge >= 0.3 is 0 Å². The van der Waals surface area contributed by atoms with E-state index in [1.807, 2.05) is 37.3 Å². The lowest BCUT2D eigenvalue weighted by Gasteiger charge is -2.17. The van der Waals surface area contributed by atoms with Gasteiger partial charge in [0.05, 0.1) is 6.67 Å². The third kappa shape index (κ3) is 5.66. The number of nitrogens with one attached hydrogen (secondary N) is 1. The number of benzene rings is 2. The van der Waals surface area contributed by atoms with Crippen LogP contribution < -0.4 is 10.1 Å². The number of amides is 1. The quantitative estimate of drug-likeness (QED) is 0.755. The third-order valence-corrected chi connectivity index (χ3v) is 3.62. The van der Waals surface area contributed by atoms with E-state index in [-0.39, 0.29) is 11.7 Å². The van der Waals surface area contributed by atoms with Crippen molar-refractivity contribution in [2.45, 2.75) is 26.5 Å². The Balaban J connectivity index is 1.77. The molecule has 2 aromatic rings. The standard InChI is InChI=1S/C19H23FN2O2/c1-3-19(23)22(2)14-21-12-15-7-9-18(10-8-15)24-13-16-5-4-6-17(20)11-16/h4-11,21H,3,12-14H2,1-2H3. The Morgan fingerprint density at radius 1 is 1.17 bits per heavy atom. The molecule has 0 fully saturated rings. The average Bonchev–Trinajstić information content (AvgIpc) is 2.60. The van der Waals surface area contributed by atoms with E-state index in [0.717, 1.165) is 16.9 Å². The number of hydrogen-bond donors (Lipinski definition) is 1. The summed E-state index contributed by atoms with van der Waals surface area (Å²) >= 11 is 0. The van der Waals surface area contributed by atoms with E-state index >= 15 is 0 Å². The van der Waals surface area contributed by atoms with Gasteiger partial charge in [-0.25, -0.2) is 4.39 Å². The predicted octanol–water partition coefficient (Wildman–Crippen LogP) is 3.32. The Morgan fingerprint density at radius 2 is 1.92 bits per heavy atom. The fourth-order valence-electron chi connectivity index (χ4n) is 2.22. The smallest absolute Gasteiger partial charge is 0.223 e. The Bertz CT molecular complexity index is 659. The summed E-state index contributed by atoms with van der Waals surface area (Å²) in [6, 6.07) is 14.1. The molecule has 0 spiro atoms. The van der Waals surface area contributed by atoms with Crippen LogP contribution in [0.3, 0.4) is 0 Å². The van der Waals surface area contributed by atoms with Gasteiger partial charge in [0.1, 0.15) is 18.2 Å². The number of nitrogens with zero attached hydrogens (tertiary/aromatic N) is 1. The van der Waals surface area contributed by atoms with Crippen molar-refractivity contribution in [3.8, 4) is 5.75 Å². The first-order valence-corrected chi connectivity index (χ1v) is 7.99. The van der Waals surface area contributed by atoms with E-state index in [0.29, 0.717) is 26.2 Å². The summed E-state index contributed by atoms with van der Waals surface area (Å²) in [5.74, 6) is 0.592. The molecule has 4 nitrogen and oxygen atoms in total. The van der Waals surface area contributed by atoms with Crippen LogP contribution in [0.25, 0.3) is 0 Å². The van der Waals surface area contributed by atoms with Crippen LogP contribution in [0.4, 0.5) is 4.39 Å². The molecule has 128 valence electrons. The maximum atomic E-state index is 13.1. The second-order valence-electron chi connectivity index (χ2n) is 5.59. The van der Waals surface area contributed by atoms with Crippen LogP contribution in [0.5, 0.6) is 5.75 Å². The fourth-order valence-corrected chi connectivity index (χ4v) is 2.22. The molecule has 24 heavy (non-hydrogen) atoms. The first-order chi connectivity index (χ1) is 11.6. The Labute approximate surface area is 142 Å². The van der Waals surface area contributed by atoms with Gasteiger partial charge in [0, 0.05) is 20.0 Å². The van der Waals surface area contributed by atoms with Crippen LogP contribution in [-0.4, -0.2) is 24.5 Å². The first-order valence-electron chi connectivity index (χ1n) is 7.99. The van der Waals surface area contributed by atoms with Gasteiger partial charge in [-0.15, -0.1) is 0 Å². The van der Waals surface area contributed by atoms with Gasteiger partial charge in [0.2, 0.25) is 5.91 Å². The van der Waals surface area contributed by atoms with Crippen LogP contribution in [0.1, 0.15) is 24.5 Å². The molecular formula is C19H23FN2O2. The van der Waals surface area contributed by atoms with Gasteiger partial charge in [0.25, 0.3) is 0 Å². The molecule has 2 rings (SSSR count). The molecule has 0 saturated heterocycles. The molecule has 0 radical (unpaired) electrons. The molecule has 0 unspecified atom stereocenters. The van der Waals surface area contributed by atoms with Crippen molar-refractivity contribution >= 4 is 5.91 Å². The van der Waals surface area contributed by atoms with E-state index in [1.54, 1.807) is 18.0 Å². The topological polar surface area (TPSA) is 41.6 Å². The van der Waals surface area contributed by atoms with Gasteiger partial charge in [-0.05, 0) is 35.4 Å². The summed E-state index contributed by atoms with van der Waals surface area (Å²) in [4.78, 5) is 13.1. The van der Waals surface area contributed by atoms with Crippen molar-refractivity contribution in [1.29, 1.82) is 0 Å². The lowest BCUT2D eigenvalue weighted by Crippen LogP contribution is -2.35. The number of halogens is 1. The minimum Gasteiger partial charge on any atom is -0.489 e. The van der Waals surface area contributed by atoms with E-state index in [4.69, 9.17) is 4.74 Å².